The summed E-state index contributed by atoms with van der Waals surface area (Å²) in [6, 6.07) is 6.80. The van der Waals surface area contributed by atoms with E-state index in [9.17, 15) is 8.42 Å². The van der Waals surface area contributed by atoms with E-state index in [1.165, 1.54) is 18.4 Å². The van der Waals surface area contributed by atoms with Gasteiger partial charge in [-0.15, -0.1) is 0 Å². The van der Waals surface area contributed by atoms with Gasteiger partial charge in [0, 0.05) is 26.3 Å². The molecule has 0 saturated heterocycles. The van der Waals surface area contributed by atoms with Gasteiger partial charge in [-0.2, -0.15) is 0 Å². The Labute approximate surface area is 97.3 Å². The lowest BCUT2D eigenvalue weighted by Gasteiger charge is -2.12. The van der Waals surface area contributed by atoms with Crippen LogP contribution < -0.4 is 5.32 Å². The first-order chi connectivity index (χ1) is 7.48. The average Bonchev–Trinajstić information content (AvgIpc) is 2.26. The lowest BCUT2D eigenvalue weighted by Crippen LogP contribution is -2.22. The lowest BCUT2D eigenvalue weighted by molar-refractivity contribution is 0.521. The van der Waals surface area contributed by atoms with E-state index in [2.05, 4.69) is 12.2 Å². The number of nitrogens with one attached hydrogen (secondary N) is 1. The van der Waals surface area contributed by atoms with Crippen molar-refractivity contribution >= 4 is 15.7 Å². The summed E-state index contributed by atoms with van der Waals surface area (Å²) in [6.07, 6.45) is 1.04. The van der Waals surface area contributed by atoms with E-state index < -0.39 is 10.0 Å². The molecule has 1 aromatic carbocycles. The van der Waals surface area contributed by atoms with E-state index >= 15 is 0 Å². The van der Waals surface area contributed by atoms with Crippen LogP contribution in [0, 0.1) is 0 Å². The fraction of sp³-hybridized carbons (Fsp3) is 0.455. The van der Waals surface area contributed by atoms with Gasteiger partial charge < -0.3 is 5.32 Å². The second kappa shape index (κ2) is 5.32. The van der Waals surface area contributed by atoms with E-state index in [1.807, 2.05) is 0 Å². The summed E-state index contributed by atoms with van der Waals surface area (Å²) in [5.41, 5.74) is 0.944. The van der Waals surface area contributed by atoms with Gasteiger partial charge in [-0.3, -0.25) is 0 Å². The van der Waals surface area contributed by atoms with Crippen molar-refractivity contribution in [3.63, 3.8) is 0 Å². The molecule has 0 spiro atoms. The minimum absolute atomic E-state index is 0.319. The number of sulfonamides is 1. The second-order valence-corrected chi connectivity index (χ2v) is 5.89. The molecule has 5 heteroatoms. The van der Waals surface area contributed by atoms with Gasteiger partial charge in [0.25, 0.3) is 0 Å². The minimum atomic E-state index is -3.31. The maximum Gasteiger partial charge on any atom is 0.242 e. The Hall–Kier alpha value is -1.07. The van der Waals surface area contributed by atoms with E-state index in [1.54, 1.807) is 24.3 Å². The topological polar surface area (TPSA) is 49.4 Å². The van der Waals surface area contributed by atoms with E-state index in [0.29, 0.717) is 4.90 Å². The van der Waals surface area contributed by atoms with Crippen LogP contribution in [0.3, 0.4) is 0 Å². The molecular formula is C11H18N2O2S. The van der Waals surface area contributed by atoms with Crippen molar-refractivity contribution in [2.24, 2.45) is 0 Å². The summed E-state index contributed by atoms with van der Waals surface area (Å²) < 4.78 is 24.7. The number of rotatable bonds is 5. The molecule has 0 aliphatic rings. The zero-order valence-electron chi connectivity index (χ0n) is 9.90. The van der Waals surface area contributed by atoms with Gasteiger partial charge in [0.15, 0.2) is 0 Å². The highest BCUT2D eigenvalue weighted by Gasteiger charge is 2.16. The largest absolute Gasteiger partial charge is 0.385 e. The average molecular weight is 242 g/mol. The summed E-state index contributed by atoms with van der Waals surface area (Å²) in [5, 5.41) is 3.19. The minimum Gasteiger partial charge on any atom is -0.385 e. The van der Waals surface area contributed by atoms with E-state index in [-0.39, 0.29) is 0 Å². The van der Waals surface area contributed by atoms with Crippen LogP contribution in [-0.4, -0.2) is 33.4 Å². The molecule has 16 heavy (non-hydrogen) atoms. The molecule has 0 atom stereocenters. The third-order valence-electron chi connectivity index (χ3n) is 2.21. The highest BCUT2D eigenvalue weighted by atomic mass is 32.2. The maximum atomic E-state index is 11.8. The highest BCUT2D eigenvalue weighted by molar-refractivity contribution is 7.89. The van der Waals surface area contributed by atoms with Crippen molar-refractivity contribution < 1.29 is 8.42 Å². The van der Waals surface area contributed by atoms with Crippen molar-refractivity contribution in [1.82, 2.24) is 4.31 Å². The molecule has 0 heterocycles. The molecule has 90 valence electrons. The first kappa shape index (κ1) is 13.0. The Kier molecular flexibility index (Phi) is 4.32. The summed E-state index contributed by atoms with van der Waals surface area (Å²) in [4.78, 5) is 0.319. The smallest absolute Gasteiger partial charge is 0.242 e. The Morgan fingerprint density at radius 2 is 1.75 bits per heavy atom. The van der Waals surface area contributed by atoms with Gasteiger partial charge in [0.1, 0.15) is 0 Å². The Morgan fingerprint density at radius 3 is 2.19 bits per heavy atom. The predicted molar refractivity (Wildman–Crippen MR) is 66.1 cm³/mol. The molecule has 0 radical (unpaired) electrons. The molecule has 0 fully saturated rings. The Balaban J connectivity index is 2.87. The molecule has 1 rings (SSSR count). The van der Waals surface area contributed by atoms with Crippen molar-refractivity contribution in [3.05, 3.63) is 24.3 Å². The van der Waals surface area contributed by atoms with Gasteiger partial charge in [0.05, 0.1) is 4.90 Å². The molecule has 0 amide bonds. The van der Waals surface area contributed by atoms with Gasteiger partial charge in [-0.25, -0.2) is 12.7 Å². The van der Waals surface area contributed by atoms with Gasteiger partial charge in [0.2, 0.25) is 10.0 Å². The summed E-state index contributed by atoms with van der Waals surface area (Å²) >= 11 is 0. The van der Waals surface area contributed by atoms with Crippen molar-refractivity contribution in [1.29, 1.82) is 0 Å². The molecule has 1 N–H and O–H groups in total. The number of benzene rings is 1. The molecule has 0 aliphatic heterocycles. The molecular weight excluding hydrogens is 224 g/mol. The van der Waals surface area contributed by atoms with Crippen LogP contribution in [0.25, 0.3) is 0 Å². The van der Waals surface area contributed by atoms with Crippen LogP contribution in [0.4, 0.5) is 5.69 Å². The first-order valence-electron chi connectivity index (χ1n) is 5.25. The second-order valence-electron chi connectivity index (χ2n) is 3.74. The van der Waals surface area contributed by atoms with E-state index in [4.69, 9.17) is 0 Å². The van der Waals surface area contributed by atoms with Crippen LogP contribution in [-0.2, 0) is 10.0 Å². The normalized spacial score (nSPS) is 11.8. The van der Waals surface area contributed by atoms with Gasteiger partial charge >= 0.3 is 0 Å². The maximum absolute atomic E-state index is 11.8. The van der Waals surface area contributed by atoms with Crippen LogP contribution in [0.5, 0.6) is 0 Å². The predicted octanol–water partition coefficient (Wildman–Crippen LogP) is 1.76. The van der Waals surface area contributed by atoms with Crippen LogP contribution in [0.15, 0.2) is 29.2 Å². The van der Waals surface area contributed by atoms with Crippen molar-refractivity contribution in [2.45, 2.75) is 18.2 Å². The number of hydrogen-bond donors (Lipinski definition) is 1. The first-order valence-corrected chi connectivity index (χ1v) is 6.69. The molecule has 1 aromatic rings. The van der Waals surface area contributed by atoms with Crippen LogP contribution >= 0.6 is 0 Å². The highest BCUT2D eigenvalue weighted by Crippen LogP contribution is 2.16. The Bertz CT molecular complexity index is 424. The molecule has 0 unspecified atom stereocenters. The number of nitrogens with zero attached hydrogens (tertiary/aromatic N) is 1. The summed E-state index contributed by atoms with van der Waals surface area (Å²) in [5.74, 6) is 0. The molecule has 4 nitrogen and oxygen atoms in total. The van der Waals surface area contributed by atoms with Gasteiger partial charge in [-0.05, 0) is 30.7 Å². The zero-order valence-corrected chi connectivity index (χ0v) is 10.7. The molecule has 0 saturated carbocycles. The zero-order chi connectivity index (χ0) is 12.2. The Morgan fingerprint density at radius 1 is 1.19 bits per heavy atom. The van der Waals surface area contributed by atoms with E-state index in [0.717, 1.165) is 18.7 Å². The fourth-order valence-corrected chi connectivity index (χ4v) is 2.13. The number of anilines is 1. The van der Waals surface area contributed by atoms with Crippen molar-refractivity contribution in [3.8, 4) is 0 Å². The quantitative estimate of drug-likeness (QED) is 0.856. The molecule has 0 aromatic heterocycles. The fourth-order valence-electron chi connectivity index (χ4n) is 1.22. The SMILES string of the molecule is CCCNc1ccc(S(=O)(=O)N(C)C)cc1. The monoisotopic (exact) mass is 242 g/mol. The lowest BCUT2D eigenvalue weighted by atomic mass is 10.3. The number of hydrogen-bond acceptors (Lipinski definition) is 3. The molecule has 0 aliphatic carbocycles. The summed E-state index contributed by atoms with van der Waals surface area (Å²) in [6.45, 7) is 2.97. The van der Waals surface area contributed by atoms with Gasteiger partial charge in [-0.1, -0.05) is 6.92 Å². The standard InChI is InChI=1S/C11H18N2O2S/c1-4-9-12-10-5-7-11(8-6-10)16(14,15)13(2)3/h5-8,12H,4,9H2,1-3H3. The van der Waals surface area contributed by atoms with Crippen molar-refractivity contribution in [2.75, 3.05) is 26.0 Å². The van der Waals surface area contributed by atoms with Crippen LogP contribution in [0.1, 0.15) is 13.3 Å². The third-order valence-corrected chi connectivity index (χ3v) is 4.04. The third kappa shape index (κ3) is 2.96. The van der Waals surface area contributed by atoms with Crippen LogP contribution in [0.2, 0.25) is 0 Å². The summed E-state index contributed by atoms with van der Waals surface area (Å²) in [7, 11) is -0.256. The molecule has 0 bridgehead atoms.